The van der Waals surface area contributed by atoms with Gasteiger partial charge in [-0.1, -0.05) is 60.7 Å². The van der Waals surface area contributed by atoms with Crippen molar-refractivity contribution in [3.05, 3.63) is 122 Å². The number of aromatic nitrogens is 2. The van der Waals surface area contributed by atoms with Gasteiger partial charge in [0.25, 0.3) is 11.6 Å². The van der Waals surface area contributed by atoms with Gasteiger partial charge in [0.05, 0.1) is 21.9 Å². The molecule has 0 saturated heterocycles. The minimum atomic E-state index is -0.700. The van der Waals surface area contributed by atoms with Gasteiger partial charge < -0.3 is 5.32 Å². The lowest BCUT2D eigenvalue weighted by Crippen LogP contribution is -2.13. The minimum Gasteiger partial charge on any atom is -0.312 e. The first-order valence-corrected chi connectivity index (χ1v) is 16.0. The van der Waals surface area contributed by atoms with E-state index in [9.17, 15) is 25.4 Å². The molecule has 0 aliphatic heterocycles. The number of fused-ring (bicyclic) bond motifs is 1. The van der Waals surface area contributed by atoms with Gasteiger partial charge in [0.1, 0.15) is 22.7 Å². The number of carbonyl (C=O) groups excluding carboxylic acids is 1. The van der Waals surface area contributed by atoms with Gasteiger partial charge in [-0.25, -0.2) is 9.97 Å². The van der Waals surface area contributed by atoms with E-state index in [-0.39, 0.29) is 16.8 Å². The highest BCUT2D eigenvalue weighted by Gasteiger charge is 2.23. The lowest BCUT2D eigenvalue weighted by atomic mass is 9.96. The molecule has 0 radical (unpaired) electrons. The molecule has 46 heavy (non-hydrogen) atoms. The Hall–Kier alpha value is -5.62. The second-order valence-electron chi connectivity index (χ2n) is 10.4. The predicted octanol–water partition coefficient (Wildman–Crippen LogP) is 8.23. The van der Waals surface area contributed by atoms with Crippen LogP contribution in [0, 0.1) is 32.8 Å². The van der Waals surface area contributed by atoms with Crippen LogP contribution in [0.4, 0.5) is 10.7 Å². The van der Waals surface area contributed by atoms with Crippen molar-refractivity contribution < 1.29 is 9.72 Å². The molecule has 0 atom stereocenters. The molecule has 1 aliphatic carbocycles. The first-order chi connectivity index (χ1) is 22.4. The number of aryl methyl sites for hydroxylation is 1. The molecule has 1 amide bonds. The van der Waals surface area contributed by atoms with Crippen LogP contribution in [0.3, 0.4) is 0 Å². The highest BCUT2D eigenvalue weighted by molar-refractivity contribution is 7.99. The van der Waals surface area contributed by atoms with E-state index in [1.807, 2.05) is 72.8 Å². The maximum Gasteiger partial charge on any atom is 0.270 e. The molecule has 11 heteroatoms. The lowest BCUT2D eigenvalue weighted by Gasteiger charge is -2.10. The molecule has 0 saturated carbocycles. The van der Waals surface area contributed by atoms with E-state index in [1.54, 1.807) is 6.07 Å². The summed E-state index contributed by atoms with van der Waals surface area (Å²) in [6, 6.07) is 29.6. The maximum atomic E-state index is 13.4. The normalized spacial score (nSPS) is 12.4. The Bertz CT molecular complexity index is 2020. The van der Waals surface area contributed by atoms with E-state index >= 15 is 0 Å². The van der Waals surface area contributed by atoms with Crippen molar-refractivity contribution in [1.29, 1.82) is 10.5 Å². The Morgan fingerprint density at radius 2 is 1.59 bits per heavy atom. The summed E-state index contributed by atoms with van der Waals surface area (Å²) < 4.78 is 0. The van der Waals surface area contributed by atoms with Crippen LogP contribution in [0.15, 0.2) is 101 Å². The fourth-order valence-corrected chi connectivity index (χ4v) is 7.28. The minimum absolute atomic E-state index is 0.199. The van der Waals surface area contributed by atoms with Gasteiger partial charge in [-0.15, -0.1) is 11.3 Å². The van der Waals surface area contributed by atoms with Crippen molar-refractivity contribution in [2.75, 3.05) is 5.32 Å². The van der Waals surface area contributed by atoms with Crippen LogP contribution in [-0.4, -0.2) is 20.8 Å². The highest BCUT2D eigenvalue weighted by Crippen LogP contribution is 2.38. The number of amides is 1. The molecule has 2 heterocycles. The SMILES string of the molecule is N#CC(=Cc1cc([N+](=O)[O-])ccc1Sc1nc(-c2ccccc2)cc(-c2ccccc2)n1)C(=O)Nc1sc2c(c1C#N)CCCC2. The summed E-state index contributed by atoms with van der Waals surface area (Å²) in [5.74, 6) is -0.700. The third-order valence-corrected chi connectivity index (χ3v) is 9.59. The molecule has 1 N–H and O–H groups in total. The summed E-state index contributed by atoms with van der Waals surface area (Å²) in [7, 11) is 0. The van der Waals surface area contributed by atoms with Gasteiger partial charge in [0.2, 0.25) is 0 Å². The third kappa shape index (κ3) is 6.57. The topological polar surface area (TPSA) is 146 Å². The van der Waals surface area contributed by atoms with Crippen molar-refractivity contribution in [2.45, 2.75) is 35.7 Å². The van der Waals surface area contributed by atoms with Crippen molar-refractivity contribution >= 4 is 45.8 Å². The van der Waals surface area contributed by atoms with Crippen LogP contribution in [0.2, 0.25) is 0 Å². The fraction of sp³-hybridized carbons (Fsp3) is 0.114. The molecule has 9 nitrogen and oxygen atoms in total. The number of nitrogens with one attached hydrogen (secondary N) is 1. The van der Waals surface area contributed by atoms with E-state index in [4.69, 9.17) is 9.97 Å². The molecule has 5 aromatic rings. The van der Waals surface area contributed by atoms with E-state index in [1.165, 1.54) is 41.3 Å². The van der Waals surface area contributed by atoms with E-state index in [2.05, 4.69) is 11.4 Å². The van der Waals surface area contributed by atoms with Gasteiger partial charge in [0.15, 0.2) is 5.16 Å². The summed E-state index contributed by atoms with van der Waals surface area (Å²) in [5.41, 5.74) is 4.39. The van der Waals surface area contributed by atoms with Crippen LogP contribution < -0.4 is 5.32 Å². The van der Waals surface area contributed by atoms with Crippen LogP contribution in [0.25, 0.3) is 28.6 Å². The van der Waals surface area contributed by atoms with Crippen LogP contribution in [0.5, 0.6) is 0 Å². The van der Waals surface area contributed by atoms with Crippen molar-refractivity contribution in [2.24, 2.45) is 0 Å². The molecular weight excluding hydrogens is 617 g/mol. The number of thiophene rings is 1. The fourth-order valence-electron chi connectivity index (χ4n) is 5.18. The van der Waals surface area contributed by atoms with Crippen molar-refractivity contribution in [3.8, 4) is 34.7 Å². The number of nitro benzene ring substituents is 1. The predicted molar refractivity (Wildman–Crippen MR) is 178 cm³/mol. The number of hydrogen-bond acceptors (Lipinski definition) is 9. The summed E-state index contributed by atoms with van der Waals surface area (Å²) in [5, 5.41) is 35.0. The van der Waals surface area contributed by atoms with E-state index < -0.39 is 10.8 Å². The van der Waals surface area contributed by atoms with Crippen molar-refractivity contribution in [3.63, 3.8) is 0 Å². The second-order valence-corrected chi connectivity index (χ2v) is 12.5. The third-order valence-electron chi connectivity index (χ3n) is 7.43. The number of anilines is 1. The zero-order valence-electron chi connectivity index (χ0n) is 24.3. The Labute approximate surface area is 273 Å². The number of non-ortho nitro benzene ring substituents is 1. The molecule has 2 aromatic heterocycles. The van der Waals surface area contributed by atoms with E-state index in [0.717, 1.165) is 47.3 Å². The Morgan fingerprint density at radius 3 is 2.20 bits per heavy atom. The number of nitro groups is 1. The number of nitrogens with zero attached hydrogens (tertiary/aromatic N) is 5. The summed E-state index contributed by atoms with van der Waals surface area (Å²) in [6.45, 7) is 0. The standard InChI is InChI=1S/C35H24N6O3S2/c36-20-25(33(42)40-34-28(21-37)27-13-7-8-14-32(27)45-34)17-24-18-26(41(43)44)15-16-31(24)46-35-38-29(22-9-3-1-4-10-22)19-30(39-35)23-11-5-2-6-12-23/h1-6,9-12,15-19H,7-8,13-14H2,(H,40,42). The Kier molecular flexibility index (Phi) is 8.97. The monoisotopic (exact) mass is 640 g/mol. The number of benzene rings is 3. The summed E-state index contributed by atoms with van der Waals surface area (Å²) in [4.78, 5) is 35.7. The molecular formula is C35H24N6O3S2. The van der Waals surface area contributed by atoms with Gasteiger partial charge in [0, 0.05) is 33.0 Å². The van der Waals surface area contributed by atoms with E-state index in [0.29, 0.717) is 32.0 Å². The summed E-state index contributed by atoms with van der Waals surface area (Å²) >= 11 is 2.53. The summed E-state index contributed by atoms with van der Waals surface area (Å²) in [6.07, 6.45) is 4.95. The van der Waals surface area contributed by atoms with Crippen molar-refractivity contribution in [1.82, 2.24) is 9.97 Å². The molecule has 0 bridgehead atoms. The zero-order chi connectivity index (χ0) is 32.0. The first kappa shape index (κ1) is 30.4. The smallest absolute Gasteiger partial charge is 0.270 e. The molecule has 3 aromatic carbocycles. The van der Waals surface area contributed by atoms with Crippen LogP contribution >= 0.6 is 23.1 Å². The largest absolute Gasteiger partial charge is 0.312 e. The molecule has 0 unspecified atom stereocenters. The Balaban J connectivity index is 1.38. The van der Waals surface area contributed by atoms with Crippen LogP contribution in [0.1, 0.15) is 34.4 Å². The van der Waals surface area contributed by atoms with Gasteiger partial charge in [-0.2, -0.15) is 10.5 Å². The maximum absolute atomic E-state index is 13.4. The zero-order valence-corrected chi connectivity index (χ0v) is 25.9. The highest BCUT2D eigenvalue weighted by atomic mass is 32.2. The number of carbonyl (C=O) groups is 1. The van der Waals surface area contributed by atoms with Crippen LogP contribution in [-0.2, 0) is 17.6 Å². The van der Waals surface area contributed by atoms with Gasteiger partial charge in [-0.05, 0) is 66.8 Å². The van der Waals surface area contributed by atoms with Gasteiger partial charge in [-0.3, -0.25) is 14.9 Å². The Morgan fingerprint density at radius 1 is 0.935 bits per heavy atom. The number of nitriles is 2. The molecule has 6 rings (SSSR count). The number of rotatable bonds is 8. The second kappa shape index (κ2) is 13.6. The molecule has 1 aliphatic rings. The molecule has 0 fully saturated rings. The first-order valence-electron chi connectivity index (χ1n) is 14.4. The lowest BCUT2D eigenvalue weighted by molar-refractivity contribution is -0.384. The quantitative estimate of drug-likeness (QED) is 0.0587. The average Bonchev–Trinajstić information content (AvgIpc) is 3.45. The van der Waals surface area contributed by atoms with Gasteiger partial charge >= 0.3 is 0 Å². The molecule has 224 valence electrons. The average molecular weight is 641 g/mol. The number of hydrogen-bond donors (Lipinski definition) is 1. The molecule has 0 spiro atoms.